The Morgan fingerprint density at radius 3 is 2.84 bits per heavy atom. The maximum Gasteiger partial charge on any atom is 0.227 e. The highest BCUT2D eigenvalue weighted by atomic mass is 35.5. The fourth-order valence-corrected chi connectivity index (χ4v) is 3.55. The summed E-state index contributed by atoms with van der Waals surface area (Å²) in [6.07, 6.45) is 0.573. The van der Waals surface area contributed by atoms with Crippen LogP contribution < -0.4 is 5.32 Å². The molecule has 0 aliphatic carbocycles. The molecule has 2 aromatic carbocycles. The molecule has 0 aliphatic heterocycles. The zero-order valence-electron chi connectivity index (χ0n) is 16.6. The molecule has 0 bridgehead atoms. The second-order valence-corrected chi connectivity index (χ2v) is 8.09. The van der Waals surface area contributed by atoms with Crippen molar-refractivity contribution in [3.05, 3.63) is 70.8 Å². The van der Waals surface area contributed by atoms with Crippen LogP contribution in [-0.2, 0) is 17.0 Å². The standard InChI is InChI=1S/C21H19ClN6O2S/c1-13-7-8-15(11-16(13)22)23-18(29)9-10-19-24-17(28-30-19)12-31-21-25-20(26-27-21)14-5-3-2-4-6-14/h2-8,11H,9-10,12H2,1H3,(H,23,29)(H,25,26,27). The highest BCUT2D eigenvalue weighted by Gasteiger charge is 2.12. The van der Waals surface area contributed by atoms with E-state index in [0.717, 1.165) is 11.1 Å². The molecule has 0 unspecified atom stereocenters. The first kappa shape index (κ1) is 21.1. The summed E-state index contributed by atoms with van der Waals surface area (Å²) < 4.78 is 5.24. The number of benzene rings is 2. The van der Waals surface area contributed by atoms with Crippen LogP contribution in [0.25, 0.3) is 11.4 Å². The summed E-state index contributed by atoms with van der Waals surface area (Å²) in [5.41, 5.74) is 2.58. The van der Waals surface area contributed by atoms with Gasteiger partial charge in [0.15, 0.2) is 11.6 Å². The van der Waals surface area contributed by atoms with E-state index in [1.807, 2.05) is 49.4 Å². The second kappa shape index (κ2) is 9.76. The van der Waals surface area contributed by atoms with Gasteiger partial charge in [0, 0.05) is 29.1 Å². The van der Waals surface area contributed by atoms with Crippen molar-refractivity contribution >= 4 is 35.0 Å². The van der Waals surface area contributed by atoms with Crippen LogP contribution in [0.15, 0.2) is 58.2 Å². The summed E-state index contributed by atoms with van der Waals surface area (Å²) in [6, 6.07) is 15.2. The number of hydrogen-bond donors (Lipinski definition) is 2. The van der Waals surface area contributed by atoms with E-state index < -0.39 is 0 Å². The van der Waals surface area contributed by atoms with E-state index in [-0.39, 0.29) is 12.3 Å². The first-order valence-electron chi connectivity index (χ1n) is 9.55. The summed E-state index contributed by atoms with van der Waals surface area (Å²) in [5.74, 6) is 1.95. The number of aromatic nitrogens is 5. The molecule has 4 aromatic rings. The molecule has 0 aliphatic rings. The van der Waals surface area contributed by atoms with Crippen LogP contribution in [0.3, 0.4) is 0 Å². The van der Waals surface area contributed by atoms with Gasteiger partial charge in [0.05, 0.1) is 5.75 Å². The van der Waals surface area contributed by atoms with Gasteiger partial charge in [-0.1, -0.05) is 64.9 Å². The van der Waals surface area contributed by atoms with Crippen LogP contribution >= 0.6 is 23.4 Å². The lowest BCUT2D eigenvalue weighted by Gasteiger charge is -2.06. The Balaban J connectivity index is 1.25. The van der Waals surface area contributed by atoms with Crippen LogP contribution in [0.4, 0.5) is 5.69 Å². The molecular formula is C21H19ClN6O2S. The molecule has 31 heavy (non-hydrogen) atoms. The number of nitrogens with one attached hydrogen (secondary N) is 2. The lowest BCUT2D eigenvalue weighted by molar-refractivity contribution is -0.116. The van der Waals surface area contributed by atoms with Crippen LogP contribution in [0.1, 0.15) is 23.7 Å². The Kier molecular flexibility index (Phi) is 6.63. The fourth-order valence-electron chi connectivity index (χ4n) is 2.73. The number of nitrogens with zero attached hydrogens (tertiary/aromatic N) is 4. The Morgan fingerprint density at radius 1 is 1.19 bits per heavy atom. The van der Waals surface area contributed by atoms with E-state index in [4.69, 9.17) is 16.1 Å². The molecule has 0 saturated carbocycles. The molecule has 158 valence electrons. The summed E-state index contributed by atoms with van der Waals surface area (Å²) in [7, 11) is 0. The summed E-state index contributed by atoms with van der Waals surface area (Å²) >= 11 is 7.48. The van der Waals surface area contributed by atoms with Gasteiger partial charge in [0.25, 0.3) is 0 Å². The zero-order valence-corrected chi connectivity index (χ0v) is 18.2. The van der Waals surface area contributed by atoms with Crippen molar-refractivity contribution < 1.29 is 9.32 Å². The van der Waals surface area contributed by atoms with E-state index in [1.54, 1.807) is 6.07 Å². The lowest BCUT2D eigenvalue weighted by atomic mass is 10.2. The number of carbonyl (C=O) groups is 1. The number of aryl methyl sites for hydroxylation is 2. The van der Waals surface area contributed by atoms with Crippen molar-refractivity contribution in [3.63, 3.8) is 0 Å². The van der Waals surface area contributed by atoms with Gasteiger partial charge in [-0.05, 0) is 24.6 Å². The first-order valence-corrected chi connectivity index (χ1v) is 10.9. The van der Waals surface area contributed by atoms with Crippen molar-refractivity contribution in [1.82, 2.24) is 25.3 Å². The van der Waals surface area contributed by atoms with E-state index in [1.165, 1.54) is 11.8 Å². The monoisotopic (exact) mass is 454 g/mol. The molecule has 1 amide bonds. The van der Waals surface area contributed by atoms with Gasteiger partial charge in [-0.25, -0.2) is 4.98 Å². The van der Waals surface area contributed by atoms with E-state index in [9.17, 15) is 4.79 Å². The Morgan fingerprint density at radius 2 is 2.03 bits per heavy atom. The summed E-state index contributed by atoms with van der Waals surface area (Å²) in [5, 5.41) is 15.1. The number of anilines is 1. The topological polar surface area (TPSA) is 110 Å². The van der Waals surface area contributed by atoms with Gasteiger partial charge in [-0.2, -0.15) is 4.98 Å². The number of amides is 1. The van der Waals surface area contributed by atoms with E-state index in [2.05, 4.69) is 30.6 Å². The van der Waals surface area contributed by atoms with E-state index in [0.29, 0.717) is 45.6 Å². The van der Waals surface area contributed by atoms with Crippen molar-refractivity contribution in [2.45, 2.75) is 30.7 Å². The molecule has 10 heteroatoms. The minimum Gasteiger partial charge on any atom is -0.339 e. The predicted octanol–water partition coefficient (Wildman–Crippen LogP) is 4.68. The molecule has 2 heterocycles. The third kappa shape index (κ3) is 5.71. The molecule has 0 radical (unpaired) electrons. The van der Waals surface area contributed by atoms with Crippen molar-refractivity contribution in [2.24, 2.45) is 0 Å². The molecule has 2 aromatic heterocycles. The minimum atomic E-state index is -0.150. The van der Waals surface area contributed by atoms with Crippen molar-refractivity contribution in [2.75, 3.05) is 5.32 Å². The smallest absolute Gasteiger partial charge is 0.227 e. The normalized spacial score (nSPS) is 10.9. The largest absolute Gasteiger partial charge is 0.339 e. The van der Waals surface area contributed by atoms with Crippen molar-refractivity contribution in [1.29, 1.82) is 0 Å². The number of H-pyrrole nitrogens is 1. The number of thioether (sulfide) groups is 1. The number of hydrogen-bond acceptors (Lipinski definition) is 7. The third-order valence-electron chi connectivity index (χ3n) is 4.37. The predicted molar refractivity (Wildman–Crippen MR) is 119 cm³/mol. The van der Waals surface area contributed by atoms with Gasteiger partial charge in [-0.15, -0.1) is 5.10 Å². The summed E-state index contributed by atoms with van der Waals surface area (Å²) in [6.45, 7) is 1.91. The van der Waals surface area contributed by atoms with Crippen LogP contribution in [0.5, 0.6) is 0 Å². The van der Waals surface area contributed by atoms with Gasteiger partial charge in [0.2, 0.25) is 17.0 Å². The van der Waals surface area contributed by atoms with E-state index >= 15 is 0 Å². The summed E-state index contributed by atoms with van der Waals surface area (Å²) in [4.78, 5) is 20.9. The molecule has 0 atom stereocenters. The molecule has 0 saturated heterocycles. The van der Waals surface area contributed by atoms with Crippen LogP contribution in [0, 0.1) is 6.92 Å². The second-order valence-electron chi connectivity index (χ2n) is 6.74. The lowest BCUT2D eigenvalue weighted by Crippen LogP contribution is -2.12. The first-order chi connectivity index (χ1) is 15.1. The number of halogens is 1. The molecule has 8 nitrogen and oxygen atoms in total. The molecule has 0 fully saturated rings. The highest BCUT2D eigenvalue weighted by Crippen LogP contribution is 2.22. The van der Waals surface area contributed by atoms with Gasteiger partial charge in [0.1, 0.15) is 0 Å². The molecule has 4 rings (SSSR count). The average molecular weight is 455 g/mol. The quantitative estimate of drug-likeness (QED) is 0.372. The third-order valence-corrected chi connectivity index (χ3v) is 5.62. The van der Waals surface area contributed by atoms with Gasteiger partial charge in [-0.3, -0.25) is 9.89 Å². The number of carbonyl (C=O) groups excluding carboxylic acids is 1. The molecule has 2 N–H and O–H groups in total. The zero-order chi connectivity index (χ0) is 21.6. The van der Waals surface area contributed by atoms with Gasteiger partial charge < -0.3 is 9.84 Å². The van der Waals surface area contributed by atoms with Crippen LogP contribution in [-0.4, -0.2) is 31.2 Å². The van der Waals surface area contributed by atoms with Crippen molar-refractivity contribution in [3.8, 4) is 11.4 Å². The fraction of sp³-hybridized carbons (Fsp3) is 0.190. The Labute approximate surface area is 187 Å². The Hall–Kier alpha value is -3.17. The van der Waals surface area contributed by atoms with Crippen LogP contribution in [0.2, 0.25) is 5.02 Å². The maximum atomic E-state index is 12.2. The number of rotatable bonds is 8. The SMILES string of the molecule is Cc1ccc(NC(=O)CCc2nc(CSc3n[nH]c(-c4ccccc4)n3)no2)cc1Cl. The minimum absolute atomic E-state index is 0.150. The van der Waals surface area contributed by atoms with Gasteiger partial charge >= 0.3 is 0 Å². The highest BCUT2D eigenvalue weighted by molar-refractivity contribution is 7.98. The number of aromatic amines is 1. The maximum absolute atomic E-state index is 12.2. The Bertz CT molecular complexity index is 1180. The molecular weight excluding hydrogens is 436 g/mol. The molecule has 0 spiro atoms. The average Bonchev–Trinajstić information content (AvgIpc) is 3.44.